The zero-order valence-corrected chi connectivity index (χ0v) is 12.3. The van der Waals surface area contributed by atoms with Crippen LogP contribution in [0.4, 0.5) is 5.69 Å². The molecule has 3 rings (SSSR count). The minimum Gasteiger partial charge on any atom is -0.366 e. The van der Waals surface area contributed by atoms with E-state index in [1.807, 2.05) is 0 Å². The van der Waals surface area contributed by atoms with Crippen LogP contribution in [0.5, 0.6) is 0 Å². The molecule has 2 aromatic carbocycles. The monoisotopic (exact) mass is 266 g/mol. The van der Waals surface area contributed by atoms with E-state index in [0.717, 1.165) is 26.2 Å². The van der Waals surface area contributed by atoms with Crippen LogP contribution in [0.1, 0.15) is 22.3 Å². The van der Waals surface area contributed by atoms with Crippen LogP contribution in [0, 0.1) is 13.8 Å². The maximum atomic E-state index is 3.53. The minimum absolute atomic E-state index is 0.983. The van der Waals surface area contributed by atoms with Crippen molar-refractivity contribution >= 4 is 5.69 Å². The van der Waals surface area contributed by atoms with Gasteiger partial charge in [0.25, 0.3) is 0 Å². The van der Waals surface area contributed by atoms with Crippen molar-refractivity contribution in [2.45, 2.75) is 26.9 Å². The van der Waals surface area contributed by atoms with Gasteiger partial charge in [-0.1, -0.05) is 42.0 Å². The van der Waals surface area contributed by atoms with Gasteiger partial charge in [0.1, 0.15) is 0 Å². The lowest BCUT2D eigenvalue weighted by Gasteiger charge is -2.30. The van der Waals surface area contributed by atoms with Gasteiger partial charge in [0.05, 0.1) is 0 Å². The zero-order valence-electron chi connectivity index (χ0n) is 12.3. The van der Waals surface area contributed by atoms with Gasteiger partial charge < -0.3 is 10.2 Å². The average molecular weight is 266 g/mol. The van der Waals surface area contributed by atoms with Gasteiger partial charge in [-0.25, -0.2) is 0 Å². The lowest BCUT2D eigenvalue weighted by Crippen LogP contribution is -2.35. The Balaban J connectivity index is 1.94. The van der Waals surface area contributed by atoms with Gasteiger partial charge >= 0.3 is 0 Å². The summed E-state index contributed by atoms with van der Waals surface area (Å²) in [6.45, 7) is 8.43. The first kappa shape index (κ1) is 13.2. The van der Waals surface area contributed by atoms with Crippen molar-refractivity contribution in [1.29, 1.82) is 0 Å². The molecule has 0 amide bonds. The van der Waals surface area contributed by atoms with Crippen molar-refractivity contribution < 1.29 is 0 Å². The molecule has 1 aliphatic heterocycles. The molecule has 0 unspecified atom stereocenters. The number of hydrogen-bond donors (Lipinski definition) is 1. The second-order valence-electron chi connectivity index (χ2n) is 5.66. The van der Waals surface area contributed by atoms with Gasteiger partial charge in [0.15, 0.2) is 0 Å². The number of hydrogen-bond acceptors (Lipinski definition) is 2. The third-order valence-corrected chi connectivity index (χ3v) is 4.05. The Hall–Kier alpha value is -1.80. The highest BCUT2D eigenvalue weighted by atomic mass is 15.1. The molecule has 0 atom stereocenters. The highest BCUT2D eigenvalue weighted by molar-refractivity contribution is 5.55. The summed E-state index contributed by atoms with van der Waals surface area (Å²) < 4.78 is 0. The van der Waals surface area contributed by atoms with E-state index in [1.165, 1.54) is 27.9 Å². The molecule has 0 saturated heterocycles. The van der Waals surface area contributed by atoms with Crippen molar-refractivity contribution in [3.63, 3.8) is 0 Å². The molecule has 0 fully saturated rings. The molecule has 1 heterocycles. The van der Waals surface area contributed by atoms with Crippen LogP contribution < -0.4 is 10.2 Å². The van der Waals surface area contributed by atoms with Crippen molar-refractivity contribution in [3.05, 3.63) is 64.7 Å². The SMILES string of the molecule is Cc1ccc(N2CCNCc3ccccc3C2)c(C)c1. The molecule has 0 radical (unpaired) electrons. The fourth-order valence-electron chi connectivity index (χ4n) is 2.97. The number of benzene rings is 2. The first-order chi connectivity index (χ1) is 9.74. The molecule has 104 valence electrons. The Labute approximate surface area is 121 Å². The second-order valence-corrected chi connectivity index (χ2v) is 5.66. The third kappa shape index (κ3) is 2.70. The maximum absolute atomic E-state index is 3.53. The Morgan fingerprint density at radius 3 is 2.60 bits per heavy atom. The summed E-state index contributed by atoms with van der Waals surface area (Å²) in [7, 11) is 0. The summed E-state index contributed by atoms with van der Waals surface area (Å²) in [6, 6.07) is 15.5. The second kappa shape index (κ2) is 5.68. The number of fused-ring (bicyclic) bond motifs is 1. The van der Waals surface area contributed by atoms with E-state index in [2.05, 4.69) is 66.5 Å². The highest BCUT2D eigenvalue weighted by Crippen LogP contribution is 2.24. The van der Waals surface area contributed by atoms with Crippen LogP contribution in [-0.2, 0) is 13.1 Å². The molecular formula is C18H22N2. The van der Waals surface area contributed by atoms with E-state index in [0.29, 0.717) is 0 Å². The molecule has 0 spiro atoms. The fraction of sp³-hybridized carbons (Fsp3) is 0.333. The van der Waals surface area contributed by atoms with Crippen molar-refractivity contribution in [2.75, 3.05) is 18.0 Å². The van der Waals surface area contributed by atoms with E-state index in [-0.39, 0.29) is 0 Å². The Bertz CT molecular complexity index is 604. The topological polar surface area (TPSA) is 15.3 Å². The van der Waals surface area contributed by atoms with Gasteiger partial charge in [-0.3, -0.25) is 0 Å². The first-order valence-electron chi connectivity index (χ1n) is 7.34. The maximum Gasteiger partial charge on any atom is 0.0433 e. The normalized spacial score (nSPS) is 15.4. The van der Waals surface area contributed by atoms with Gasteiger partial charge in [-0.05, 0) is 36.6 Å². The number of aryl methyl sites for hydroxylation is 2. The van der Waals surface area contributed by atoms with E-state index in [1.54, 1.807) is 0 Å². The minimum atomic E-state index is 0.983. The molecule has 0 aliphatic carbocycles. The third-order valence-electron chi connectivity index (χ3n) is 4.05. The standard InChI is InChI=1S/C18H22N2/c1-14-7-8-18(15(2)11-14)20-10-9-19-12-16-5-3-4-6-17(16)13-20/h3-8,11,19H,9-10,12-13H2,1-2H3. The molecule has 20 heavy (non-hydrogen) atoms. The molecular weight excluding hydrogens is 244 g/mol. The Morgan fingerprint density at radius 2 is 1.80 bits per heavy atom. The van der Waals surface area contributed by atoms with Crippen molar-refractivity contribution in [2.24, 2.45) is 0 Å². The smallest absolute Gasteiger partial charge is 0.0433 e. The molecule has 0 bridgehead atoms. The van der Waals surface area contributed by atoms with Gasteiger partial charge in [0, 0.05) is 31.9 Å². The van der Waals surface area contributed by atoms with Crippen LogP contribution >= 0.6 is 0 Å². The quantitative estimate of drug-likeness (QED) is 0.851. The zero-order chi connectivity index (χ0) is 13.9. The van der Waals surface area contributed by atoms with Crippen molar-refractivity contribution in [3.8, 4) is 0 Å². The lowest BCUT2D eigenvalue weighted by atomic mass is 10.0. The summed E-state index contributed by atoms with van der Waals surface area (Å²) in [6.07, 6.45) is 0. The lowest BCUT2D eigenvalue weighted by molar-refractivity contribution is 0.630. The van der Waals surface area contributed by atoms with E-state index < -0.39 is 0 Å². The van der Waals surface area contributed by atoms with E-state index in [9.17, 15) is 0 Å². The number of nitrogens with zero attached hydrogens (tertiary/aromatic N) is 1. The van der Waals surface area contributed by atoms with Crippen LogP contribution in [0.25, 0.3) is 0 Å². The first-order valence-corrected chi connectivity index (χ1v) is 7.34. The Kier molecular flexibility index (Phi) is 3.75. The summed E-state index contributed by atoms with van der Waals surface area (Å²) >= 11 is 0. The highest BCUT2D eigenvalue weighted by Gasteiger charge is 2.14. The van der Waals surface area contributed by atoms with E-state index >= 15 is 0 Å². The fourth-order valence-corrected chi connectivity index (χ4v) is 2.97. The molecule has 1 N–H and O–H groups in total. The molecule has 2 aromatic rings. The molecule has 2 nitrogen and oxygen atoms in total. The molecule has 0 aromatic heterocycles. The van der Waals surface area contributed by atoms with Crippen molar-refractivity contribution in [1.82, 2.24) is 5.32 Å². The molecule has 0 saturated carbocycles. The molecule has 1 aliphatic rings. The summed E-state index contributed by atoms with van der Waals surface area (Å²) in [4.78, 5) is 2.49. The number of anilines is 1. The number of nitrogens with one attached hydrogen (secondary N) is 1. The predicted molar refractivity (Wildman–Crippen MR) is 85.1 cm³/mol. The largest absolute Gasteiger partial charge is 0.366 e. The Morgan fingerprint density at radius 1 is 1.00 bits per heavy atom. The van der Waals surface area contributed by atoms with Gasteiger partial charge in [-0.15, -0.1) is 0 Å². The predicted octanol–water partition coefficient (Wildman–Crippen LogP) is 3.41. The van der Waals surface area contributed by atoms with Crippen LogP contribution in [0.2, 0.25) is 0 Å². The van der Waals surface area contributed by atoms with E-state index in [4.69, 9.17) is 0 Å². The summed E-state index contributed by atoms with van der Waals surface area (Å²) in [5.41, 5.74) is 6.90. The summed E-state index contributed by atoms with van der Waals surface area (Å²) in [5, 5.41) is 3.53. The summed E-state index contributed by atoms with van der Waals surface area (Å²) in [5.74, 6) is 0. The van der Waals surface area contributed by atoms with Gasteiger partial charge in [0.2, 0.25) is 0 Å². The van der Waals surface area contributed by atoms with Gasteiger partial charge in [-0.2, -0.15) is 0 Å². The average Bonchev–Trinajstić information content (AvgIpc) is 2.40. The van der Waals surface area contributed by atoms with Crippen LogP contribution in [0.15, 0.2) is 42.5 Å². The van der Waals surface area contributed by atoms with Crippen LogP contribution in [-0.4, -0.2) is 13.1 Å². The molecule has 2 heteroatoms. The van der Waals surface area contributed by atoms with Crippen LogP contribution in [0.3, 0.4) is 0 Å². The number of rotatable bonds is 1.